The van der Waals surface area contributed by atoms with Crippen LogP contribution in [0.3, 0.4) is 0 Å². The normalized spacial score (nSPS) is 11.4. The summed E-state index contributed by atoms with van der Waals surface area (Å²) in [4.78, 5) is 34.0. The number of anilines is 1. The van der Waals surface area contributed by atoms with Crippen LogP contribution in [0.5, 0.6) is 11.5 Å². The number of aromatic carboxylic acids is 1. The number of nitrogens with one attached hydrogen (secondary N) is 1. The number of aromatic nitrogens is 3. The molecule has 0 spiro atoms. The van der Waals surface area contributed by atoms with E-state index in [1.807, 2.05) is 30.3 Å². The van der Waals surface area contributed by atoms with E-state index in [2.05, 4.69) is 48.2 Å². The first-order valence-electron chi connectivity index (χ1n) is 14.3. The Balaban J connectivity index is 1.30. The molecule has 0 aliphatic heterocycles. The lowest BCUT2D eigenvalue weighted by Crippen LogP contribution is -2.16. The lowest BCUT2D eigenvalue weighted by Gasteiger charge is -2.19. The second-order valence-corrected chi connectivity index (χ2v) is 12.5. The smallest absolute Gasteiger partial charge is 0.335 e. The number of hydrogen-bond donors (Lipinski definition) is 2. The van der Waals surface area contributed by atoms with Crippen LogP contribution in [0.2, 0.25) is 10.0 Å². The Morgan fingerprint density at radius 2 is 1.57 bits per heavy atom. The predicted molar refractivity (Wildman–Crippen MR) is 181 cm³/mol. The number of imidazole rings is 1. The van der Waals surface area contributed by atoms with Gasteiger partial charge in [-0.3, -0.25) is 19.7 Å². The van der Waals surface area contributed by atoms with E-state index in [1.54, 1.807) is 53.4 Å². The van der Waals surface area contributed by atoms with Gasteiger partial charge in [0.15, 0.2) is 0 Å². The quantitative estimate of drug-likeness (QED) is 0.178. The number of hydrogen-bond acceptors (Lipinski definition) is 5. The number of carbonyl (C=O) groups excluding carboxylic acids is 1. The highest BCUT2D eigenvalue weighted by molar-refractivity contribution is 6.36. The molecule has 8 nitrogen and oxygen atoms in total. The summed E-state index contributed by atoms with van der Waals surface area (Å²) in [6, 6.07) is 26.5. The molecule has 0 saturated carbocycles. The van der Waals surface area contributed by atoms with Gasteiger partial charge in [0, 0.05) is 34.1 Å². The van der Waals surface area contributed by atoms with Crippen LogP contribution in [0.15, 0.2) is 103 Å². The highest BCUT2D eigenvalue weighted by Gasteiger charge is 2.19. The SMILES string of the molecule is CC(C)(C)c1ccc(Oc2ccc3cnc(C(=O)Nc4nc(-c5ccc(Cl)cc5Cl)cn4-c4ccc(C(=O)O)cc4)cc3c2)cc1. The van der Waals surface area contributed by atoms with Gasteiger partial charge in [-0.15, -0.1) is 0 Å². The topological polar surface area (TPSA) is 106 Å². The minimum absolute atomic E-state index is 0.0397. The highest BCUT2D eigenvalue weighted by Crippen LogP contribution is 2.33. The van der Waals surface area contributed by atoms with Crippen LogP contribution in [-0.2, 0) is 5.41 Å². The van der Waals surface area contributed by atoms with Gasteiger partial charge in [0.25, 0.3) is 5.91 Å². The largest absolute Gasteiger partial charge is 0.478 e. The van der Waals surface area contributed by atoms with Crippen LogP contribution in [0.4, 0.5) is 5.95 Å². The van der Waals surface area contributed by atoms with E-state index in [4.69, 9.17) is 27.9 Å². The molecule has 2 N–H and O–H groups in total. The van der Waals surface area contributed by atoms with Crippen molar-refractivity contribution in [1.82, 2.24) is 14.5 Å². The summed E-state index contributed by atoms with van der Waals surface area (Å²) in [5, 5.41) is 14.7. The zero-order valence-corrected chi connectivity index (χ0v) is 26.6. The molecular formula is C36H28Cl2N4O4. The lowest BCUT2D eigenvalue weighted by molar-refractivity contribution is 0.0696. The number of halogens is 2. The average molecular weight is 652 g/mol. The highest BCUT2D eigenvalue weighted by atomic mass is 35.5. The van der Waals surface area contributed by atoms with Crippen molar-refractivity contribution < 1.29 is 19.4 Å². The van der Waals surface area contributed by atoms with Gasteiger partial charge in [0.05, 0.1) is 16.3 Å². The van der Waals surface area contributed by atoms with E-state index < -0.39 is 11.9 Å². The molecule has 2 aromatic heterocycles. The zero-order chi connectivity index (χ0) is 32.6. The van der Waals surface area contributed by atoms with Crippen molar-refractivity contribution in [2.45, 2.75) is 26.2 Å². The summed E-state index contributed by atoms with van der Waals surface area (Å²) >= 11 is 12.6. The zero-order valence-electron chi connectivity index (χ0n) is 25.1. The van der Waals surface area contributed by atoms with Gasteiger partial charge in [-0.1, -0.05) is 56.1 Å². The van der Waals surface area contributed by atoms with Gasteiger partial charge < -0.3 is 9.84 Å². The maximum atomic E-state index is 13.6. The molecule has 10 heteroatoms. The van der Waals surface area contributed by atoms with E-state index in [-0.39, 0.29) is 22.6 Å². The molecule has 0 unspecified atom stereocenters. The molecule has 46 heavy (non-hydrogen) atoms. The van der Waals surface area contributed by atoms with Crippen molar-refractivity contribution >= 4 is 51.8 Å². The summed E-state index contributed by atoms with van der Waals surface area (Å²) in [7, 11) is 0. The minimum Gasteiger partial charge on any atom is -0.478 e. The maximum Gasteiger partial charge on any atom is 0.335 e. The van der Waals surface area contributed by atoms with Gasteiger partial charge in [0.2, 0.25) is 5.95 Å². The average Bonchev–Trinajstić information content (AvgIpc) is 3.43. The Labute approximate surface area is 275 Å². The number of rotatable bonds is 7. The number of amides is 1. The number of fused-ring (bicyclic) bond motifs is 1. The number of carbonyl (C=O) groups is 2. The molecule has 0 fully saturated rings. The fourth-order valence-electron chi connectivity index (χ4n) is 4.89. The maximum absolute atomic E-state index is 13.6. The van der Waals surface area contributed by atoms with Gasteiger partial charge >= 0.3 is 5.97 Å². The third-order valence-electron chi connectivity index (χ3n) is 7.41. The monoisotopic (exact) mass is 650 g/mol. The number of pyridine rings is 1. The summed E-state index contributed by atoms with van der Waals surface area (Å²) in [5.74, 6) is -0.0214. The predicted octanol–water partition coefficient (Wildman–Crippen LogP) is 9.43. The summed E-state index contributed by atoms with van der Waals surface area (Å²) in [6.45, 7) is 6.48. The third kappa shape index (κ3) is 6.59. The number of carboxylic acids is 1. The number of ether oxygens (including phenoxy) is 1. The molecule has 0 aliphatic carbocycles. The Bertz CT molecular complexity index is 2100. The van der Waals surface area contributed by atoms with E-state index in [1.165, 1.54) is 17.7 Å². The Morgan fingerprint density at radius 1 is 0.848 bits per heavy atom. The molecule has 4 aromatic carbocycles. The fourth-order valence-corrected chi connectivity index (χ4v) is 5.39. The number of nitrogens with zero attached hydrogens (tertiary/aromatic N) is 3. The Kier molecular flexibility index (Phi) is 8.25. The van der Waals surface area contributed by atoms with E-state index in [0.717, 1.165) is 10.8 Å². The van der Waals surface area contributed by atoms with Gasteiger partial charge in [-0.25, -0.2) is 9.78 Å². The van der Waals surface area contributed by atoms with Crippen molar-refractivity contribution in [3.05, 3.63) is 130 Å². The van der Waals surface area contributed by atoms with Crippen LogP contribution in [0.1, 0.15) is 47.2 Å². The second kappa shape index (κ2) is 12.3. The Hall–Kier alpha value is -5.18. The molecule has 230 valence electrons. The molecular weight excluding hydrogens is 623 g/mol. The molecule has 0 bridgehead atoms. The molecule has 0 radical (unpaired) electrons. The van der Waals surface area contributed by atoms with Crippen LogP contribution >= 0.6 is 23.2 Å². The first-order chi connectivity index (χ1) is 21.9. The molecule has 0 aliphatic rings. The third-order valence-corrected chi connectivity index (χ3v) is 7.96. The van der Waals surface area contributed by atoms with Crippen LogP contribution in [-0.4, -0.2) is 31.5 Å². The molecule has 1 amide bonds. The first kappa shape index (κ1) is 30.8. The molecule has 0 atom stereocenters. The van der Waals surface area contributed by atoms with E-state index >= 15 is 0 Å². The molecule has 6 aromatic rings. The minimum atomic E-state index is -1.05. The second-order valence-electron chi connectivity index (χ2n) is 11.7. The first-order valence-corrected chi connectivity index (χ1v) is 15.1. The van der Waals surface area contributed by atoms with Crippen LogP contribution in [0, 0.1) is 0 Å². The van der Waals surface area contributed by atoms with Crippen molar-refractivity contribution in [3.63, 3.8) is 0 Å². The summed E-state index contributed by atoms with van der Waals surface area (Å²) < 4.78 is 7.75. The summed E-state index contributed by atoms with van der Waals surface area (Å²) in [5.41, 5.74) is 3.20. The van der Waals surface area contributed by atoms with E-state index in [9.17, 15) is 14.7 Å². The van der Waals surface area contributed by atoms with Crippen molar-refractivity contribution in [2.75, 3.05) is 5.32 Å². The standard InChI is InChI=1S/C36H28Cl2N4O4/c1-36(2,3)24-7-13-27(14-8-24)46-28-12-6-22-19-39-31(17-23(22)16-28)33(43)41-35-40-32(29-15-9-25(37)18-30(29)38)20-42(35)26-10-4-21(5-11-26)34(44)45/h4-20H,1-3H3,(H,44,45)(H,40,41,43). The molecule has 0 saturated heterocycles. The lowest BCUT2D eigenvalue weighted by atomic mass is 9.87. The Morgan fingerprint density at radius 3 is 2.24 bits per heavy atom. The van der Waals surface area contributed by atoms with Gasteiger partial charge in [0.1, 0.15) is 17.2 Å². The molecule has 6 rings (SSSR count). The van der Waals surface area contributed by atoms with Crippen LogP contribution < -0.4 is 10.1 Å². The summed E-state index contributed by atoms with van der Waals surface area (Å²) in [6.07, 6.45) is 3.33. The van der Waals surface area contributed by atoms with Crippen molar-refractivity contribution in [3.8, 4) is 28.4 Å². The fraction of sp³-hybridized carbons (Fsp3) is 0.111. The van der Waals surface area contributed by atoms with Crippen LogP contribution in [0.25, 0.3) is 27.7 Å². The molecule has 2 heterocycles. The number of carboxylic acid groups (broad SMARTS) is 1. The van der Waals surface area contributed by atoms with Crippen molar-refractivity contribution in [2.24, 2.45) is 0 Å². The number of benzene rings is 4. The van der Waals surface area contributed by atoms with Gasteiger partial charge in [-0.2, -0.15) is 0 Å². The van der Waals surface area contributed by atoms with Crippen molar-refractivity contribution in [1.29, 1.82) is 0 Å². The van der Waals surface area contributed by atoms with Gasteiger partial charge in [-0.05, 0) is 95.2 Å². The van der Waals surface area contributed by atoms with E-state index in [0.29, 0.717) is 38.5 Å².